The molecule has 0 bridgehead atoms. The van der Waals surface area contributed by atoms with Gasteiger partial charge in [-0.3, -0.25) is 0 Å². The van der Waals surface area contributed by atoms with E-state index in [2.05, 4.69) is 142 Å². The molecule has 6 aromatic rings. The molecule has 210 valence electrons. The summed E-state index contributed by atoms with van der Waals surface area (Å²) in [5, 5.41) is 8.40. The maximum absolute atomic E-state index is 2.51. The third kappa shape index (κ3) is 3.14. The molecule has 0 nitrogen and oxygen atoms in total. The second kappa shape index (κ2) is 7.65. The van der Waals surface area contributed by atoms with Crippen LogP contribution in [0.5, 0.6) is 0 Å². The topological polar surface area (TPSA) is 0 Å². The Labute approximate surface area is 251 Å². The molecule has 0 saturated heterocycles. The molecular formula is C42H42. The Kier molecular flexibility index (Phi) is 4.74. The van der Waals surface area contributed by atoms with Gasteiger partial charge in [0.2, 0.25) is 0 Å². The van der Waals surface area contributed by atoms with Crippen LogP contribution in [0.15, 0.2) is 72.8 Å². The van der Waals surface area contributed by atoms with Crippen LogP contribution < -0.4 is 0 Å². The van der Waals surface area contributed by atoms with Crippen LogP contribution in [-0.4, -0.2) is 0 Å². The summed E-state index contributed by atoms with van der Waals surface area (Å²) >= 11 is 0. The summed E-state index contributed by atoms with van der Waals surface area (Å²) < 4.78 is 0. The summed E-state index contributed by atoms with van der Waals surface area (Å²) in [7, 11) is 0. The van der Waals surface area contributed by atoms with Gasteiger partial charge in [0.1, 0.15) is 0 Å². The number of fused-ring (bicyclic) bond motifs is 8. The van der Waals surface area contributed by atoms with Gasteiger partial charge < -0.3 is 0 Å². The molecular weight excluding hydrogens is 504 g/mol. The van der Waals surface area contributed by atoms with Crippen LogP contribution in [0.3, 0.4) is 0 Å². The SMILES string of the molecule is CC(C)(C)c1ccc2c(c1)-c1c(cc3ccc4cc5c(c6ccc1c3c46)C(C)(C)c1ccc(C(C)(C)C)cc1-5)C2(C)C. The fraction of sp³-hybridized carbons (Fsp3) is 0.333. The maximum Gasteiger partial charge on any atom is 0.0165 e. The van der Waals surface area contributed by atoms with Gasteiger partial charge in [0.25, 0.3) is 0 Å². The van der Waals surface area contributed by atoms with Gasteiger partial charge in [-0.2, -0.15) is 0 Å². The minimum Gasteiger partial charge on any atom is -0.0582 e. The molecule has 0 heteroatoms. The summed E-state index contributed by atoms with van der Waals surface area (Å²) in [5.41, 5.74) is 14.5. The van der Waals surface area contributed by atoms with Crippen molar-refractivity contribution in [3.05, 3.63) is 106 Å². The second-order valence-corrected chi connectivity index (χ2v) is 16.3. The molecule has 0 atom stereocenters. The van der Waals surface area contributed by atoms with Crippen molar-refractivity contribution in [1.29, 1.82) is 0 Å². The van der Waals surface area contributed by atoms with Crippen LogP contribution in [0, 0.1) is 0 Å². The molecule has 42 heavy (non-hydrogen) atoms. The van der Waals surface area contributed by atoms with Gasteiger partial charge in [0, 0.05) is 10.8 Å². The van der Waals surface area contributed by atoms with Gasteiger partial charge in [-0.15, -0.1) is 0 Å². The monoisotopic (exact) mass is 546 g/mol. The summed E-state index contributed by atoms with van der Waals surface area (Å²) in [4.78, 5) is 0. The Balaban J connectivity index is 1.48. The molecule has 0 radical (unpaired) electrons. The maximum atomic E-state index is 2.51. The van der Waals surface area contributed by atoms with Gasteiger partial charge >= 0.3 is 0 Å². The summed E-state index contributed by atoms with van der Waals surface area (Å²) in [6.07, 6.45) is 0. The lowest BCUT2D eigenvalue weighted by Gasteiger charge is -2.26. The van der Waals surface area contributed by atoms with E-state index in [1.54, 1.807) is 0 Å². The molecule has 2 aliphatic rings. The van der Waals surface area contributed by atoms with Crippen molar-refractivity contribution in [1.82, 2.24) is 0 Å². The third-order valence-electron chi connectivity index (χ3n) is 10.9. The minimum absolute atomic E-state index is 0.0266. The zero-order valence-electron chi connectivity index (χ0n) is 26.9. The van der Waals surface area contributed by atoms with Crippen molar-refractivity contribution in [3.63, 3.8) is 0 Å². The summed E-state index contributed by atoms with van der Waals surface area (Å²) in [5.74, 6) is 0. The molecule has 8 rings (SSSR count). The standard InChI is InChI=1S/C42H42/c1-39(2,3)25-13-17-32-29(21-25)30-19-23-11-12-24-20-34-37(27-15-16-28(36(23)35(24)27)38(30)42(32,9)10)31-22-26(40(4,5)6)14-18-33(31)41(34,7)8/h11-22H,1-10H3. The lowest BCUT2D eigenvalue weighted by molar-refractivity contribution is 0.589. The highest BCUT2D eigenvalue weighted by atomic mass is 14.4. The van der Waals surface area contributed by atoms with E-state index >= 15 is 0 Å². The Morgan fingerprint density at radius 1 is 0.452 bits per heavy atom. The fourth-order valence-corrected chi connectivity index (χ4v) is 8.44. The smallest absolute Gasteiger partial charge is 0.0165 e. The van der Waals surface area contributed by atoms with E-state index in [9.17, 15) is 0 Å². The lowest BCUT2D eigenvalue weighted by atomic mass is 9.77. The minimum atomic E-state index is -0.0540. The Hall–Kier alpha value is -3.64. The summed E-state index contributed by atoms with van der Waals surface area (Å²) in [6, 6.07) is 29.2. The first-order valence-corrected chi connectivity index (χ1v) is 15.7. The molecule has 0 fully saturated rings. The van der Waals surface area contributed by atoms with E-state index < -0.39 is 0 Å². The van der Waals surface area contributed by atoms with Crippen molar-refractivity contribution in [2.24, 2.45) is 0 Å². The molecule has 0 aliphatic heterocycles. The van der Waals surface area contributed by atoms with Gasteiger partial charge in [-0.1, -0.05) is 130 Å². The highest BCUT2D eigenvalue weighted by molar-refractivity contribution is 6.28. The van der Waals surface area contributed by atoms with E-state index in [-0.39, 0.29) is 21.7 Å². The van der Waals surface area contributed by atoms with Crippen LogP contribution in [0.1, 0.15) is 103 Å². The average molecular weight is 547 g/mol. The summed E-state index contributed by atoms with van der Waals surface area (Å²) in [6.45, 7) is 23.6. The van der Waals surface area contributed by atoms with E-state index in [0.29, 0.717) is 0 Å². The molecule has 6 aromatic carbocycles. The number of rotatable bonds is 0. The first-order valence-electron chi connectivity index (χ1n) is 15.7. The molecule has 0 saturated carbocycles. The highest BCUT2D eigenvalue weighted by Crippen LogP contribution is 2.57. The molecule has 0 N–H and O–H groups in total. The van der Waals surface area contributed by atoms with Crippen molar-refractivity contribution in [2.75, 3.05) is 0 Å². The van der Waals surface area contributed by atoms with Crippen molar-refractivity contribution >= 4 is 32.3 Å². The Morgan fingerprint density at radius 3 is 1.60 bits per heavy atom. The van der Waals surface area contributed by atoms with Gasteiger partial charge in [0.05, 0.1) is 0 Å². The van der Waals surface area contributed by atoms with Crippen LogP contribution >= 0.6 is 0 Å². The van der Waals surface area contributed by atoms with Gasteiger partial charge in [-0.25, -0.2) is 0 Å². The van der Waals surface area contributed by atoms with Crippen LogP contribution in [0.25, 0.3) is 54.6 Å². The van der Waals surface area contributed by atoms with Gasteiger partial charge in [0.15, 0.2) is 0 Å². The van der Waals surface area contributed by atoms with Crippen LogP contribution in [0.2, 0.25) is 0 Å². The van der Waals surface area contributed by atoms with E-state index in [4.69, 9.17) is 0 Å². The molecule has 0 spiro atoms. The Bertz CT molecular complexity index is 2130. The second-order valence-electron chi connectivity index (χ2n) is 16.3. The van der Waals surface area contributed by atoms with Crippen molar-refractivity contribution in [3.8, 4) is 22.3 Å². The quantitative estimate of drug-likeness (QED) is 0.166. The molecule has 0 amide bonds. The molecule has 0 heterocycles. The molecule has 0 aromatic heterocycles. The molecule has 0 unspecified atom stereocenters. The zero-order valence-corrected chi connectivity index (χ0v) is 26.9. The fourth-order valence-electron chi connectivity index (χ4n) is 8.44. The van der Waals surface area contributed by atoms with Crippen LogP contribution in [0.4, 0.5) is 0 Å². The first-order chi connectivity index (χ1) is 19.6. The Morgan fingerprint density at radius 2 is 0.976 bits per heavy atom. The first kappa shape index (κ1) is 26.0. The van der Waals surface area contributed by atoms with E-state index in [1.165, 1.54) is 88.0 Å². The molecule has 2 aliphatic carbocycles. The average Bonchev–Trinajstić information content (AvgIpc) is 3.29. The van der Waals surface area contributed by atoms with Crippen molar-refractivity contribution in [2.45, 2.75) is 90.9 Å². The van der Waals surface area contributed by atoms with E-state index in [0.717, 1.165) is 0 Å². The largest absolute Gasteiger partial charge is 0.0582 e. The van der Waals surface area contributed by atoms with Crippen molar-refractivity contribution < 1.29 is 0 Å². The van der Waals surface area contributed by atoms with Crippen LogP contribution in [-0.2, 0) is 21.7 Å². The normalized spacial score (nSPS) is 16.7. The highest BCUT2D eigenvalue weighted by Gasteiger charge is 2.40. The zero-order chi connectivity index (χ0) is 29.7. The number of hydrogen-bond donors (Lipinski definition) is 0. The van der Waals surface area contributed by atoms with Gasteiger partial charge in [-0.05, 0) is 111 Å². The predicted molar refractivity (Wildman–Crippen MR) is 183 cm³/mol. The lowest BCUT2D eigenvalue weighted by Crippen LogP contribution is -2.17. The number of benzene rings is 6. The number of hydrogen-bond acceptors (Lipinski definition) is 0. The third-order valence-corrected chi connectivity index (χ3v) is 10.9. The van der Waals surface area contributed by atoms with E-state index in [1.807, 2.05) is 0 Å². The predicted octanol–water partition coefficient (Wildman–Crippen LogP) is 11.8.